The van der Waals surface area contributed by atoms with Crippen molar-refractivity contribution in [2.75, 3.05) is 11.5 Å². The van der Waals surface area contributed by atoms with E-state index in [4.69, 9.17) is 11.6 Å². The minimum atomic E-state index is -3.04. The van der Waals surface area contributed by atoms with E-state index in [0.717, 1.165) is 10.4 Å². The lowest BCUT2D eigenvalue weighted by atomic mass is 10.1. The Morgan fingerprint density at radius 3 is 2.58 bits per heavy atom. The van der Waals surface area contributed by atoms with Crippen LogP contribution in [0.4, 0.5) is 0 Å². The number of thiophene rings is 1. The van der Waals surface area contributed by atoms with Crippen LogP contribution in [0, 0.1) is 0 Å². The molecule has 0 unspecified atom stereocenters. The molecule has 1 atom stereocenters. The number of nitrogens with zero attached hydrogens (tertiary/aromatic N) is 1. The van der Waals surface area contributed by atoms with Crippen molar-refractivity contribution >= 4 is 38.7 Å². The summed E-state index contributed by atoms with van der Waals surface area (Å²) in [6.07, 6.45) is 0.763. The average Bonchev–Trinajstić information content (AvgIpc) is 3.16. The Morgan fingerprint density at radius 2 is 2.00 bits per heavy atom. The second kappa shape index (κ2) is 7.25. The quantitative estimate of drug-likeness (QED) is 0.796. The van der Waals surface area contributed by atoms with Gasteiger partial charge in [0.2, 0.25) is 5.91 Å². The zero-order chi connectivity index (χ0) is 17.2. The van der Waals surface area contributed by atoms with E-state index in [-0.39, 0.29) is 29.9 Å². The van der Waals surface area contributed by atoms with Crippen LogP contribution in [0.25, 0.3) is 0 Å². The van der Waals surface area contributed by atoms with Crippen LogP contribution in [-0.2, 0) is 27.6 Å². The van der Waals surface area contributed by atoms with E-state index in [1.807, 2.05) is 29.6 Å². The van der Waals surface area contributed by atoms with Crippen molar-refractivity contribution in [1.82, 2.24) is 4.90 Å². The number of carbonyl (C=O) groups is 1. The van der Waals surface area contributed by atoms with E-state index < -0.39 is 9.84 Å². The summed E-state index contributed by atoms with van der Waals surface area (Å²) in [7, 11) is -3.04. The molecule has 0 spiro atoms. The first kappa shape index (κ1) is 17.5. The summed E-state index contributed by atoms with van der Waals surface area (Å²) < 4.78 is 23.6. The Labute approximate surface area is 151 Å². The van der Waals surface area contributed by atoms with Crippen molar-refractivity contribution < 1.29 is 13.2 Å². The van der Waals surface area contributed by atoms with Gasteiger partial charge in [-0.1, -0.05) is 29.8 Å². The fourth-order valence-electron chi connectivity index (χ4n) is 2.89. The normalized spacial score (nSPS) is 19.3. The van der Waals surface area contributed by atoms with Gasteiger partial charge in [-0.2, -0.15) is 0 Å². The van der Waals surface area contributed by atoms with E-state index >= 15 is 0 Å². The molecule has 3 rings (SSSR count). The highest BCUT2D eigenvalue weighted by Crippen LogP contribution is 2.23. The summed E-state index contributed by atoms with van der Waals surface area (Å²) in [5, 5.41) is 2.59. The fourth-order valence-corrected chi connectivity index (χ4v) is 5.45. The first-order chi connectivity index (χ1) is 11.4. The number of sulfone groups is 1. The zero-order valence-corrected chi connectivity index (χ0v) is 15.4. The van der Waals surface area contributed by atoms with Crippen LogP contribution in [0.1, 0.15) is 16.9 Å². The molecule has 2 aromatic rings. The fraction of sp³-hybridized carbons (Fsp3) is 0.353. The van der Waals surface area contributed by atoms with Crippen LogP contribution in [0.15, 0.2) is 41.8 Å². The number of hydrogen-bond acceptors (Lipinski definition) is 4. The lowest BCUT2D eigenvalue weighted by Gasteiger charge is -2.28. The monoisotopic (exact) mass is 383 g/mol. The highest BCUT2D eigenvalue weighted by atomic mass is 35.5. The summed E-state index contributed by atoms with van der Waals surface area (Å²) >= 11 is 7.45. The topological polar surface area (TPSA) is 54.5 Å². The maximum absolute atomic E-state index is 12.8. The minimum absolute atomic E-state index is 0.0483. The van der Waals surface area contributed by atoms with Crippen molar-refractivity contribution in [2.45, 2.75) is 25.4 Å². The van der Waals surface area contributed by atoms with Crippen LogP contribution in [0.5, 0.6) is 0 Å². The molecule has 0 saturated carbocycles. The highest BCUT2D eigenvalue weighted by Gasteiger charge is 2.34. The average molecular weight is 384 g/mol. The zero-order valence-electron chi connectivity index (χ0n) is 13.0. The second-order valence-electron chi connectivity index (χ2n) is 5.96. The van der Waals surface area contributed by atoms with E-state index in [1.54, 1.807) is 28.4 Å². The summed E-state index contributed by atoms with van der Waals surface area (Å²) in [4.78, 5) is 15.6. The van der Waals surface area contributed by atoms with Crippen molar-refractivity contribution in [3.63, 3.8) is 0 Å². The molecule has 1 aliphatic rings. The van der Waals surface area contributed by atoms with Gasteiger partial charge in [0, 0.05) is 15.9 Å². The third-order valence-electron chi connectivity index (χ3n) is 4.14. The van der Waals surface area contributed by atoms with Crippen molar-refractivity contribution in [3.8, 4) is 0 Å². The maximum atomic E-state index is 12.8. The summed E-state index contributed by atoms with van der Waals surface area (Å²) in [5.41, 5.74) is 0.876. The van der Waals surface area contributed by atoms with Gasteiger partial charge in [0.15, 0.2) is 9.84 Å². The third kappa shape index (κ3) is 4.37. The van der Waals surface area contributed by atoms with Gasteiger partial charge in [0.1, 0.15) is 0 Å². The molecular weight excluding hydrogens is 366 g/mol. The number of amides is 1. The first-order valence-corrected chi connectivity index (χ1v) is 10.8. The number of carbonyl (C=O) groups excluding carboxylic acids is 1. The Balaban J connectivity index is 1.78. The highest BCUT2D eigenvalue weighted by molar-refractivity contribution is 7.91. The number of benzene rings is 1. The molecule has 1 fully saturated rings. The molecule has 2 heterocycles. The molecule has 24 heavy (non-hydrogen) atoms. The first-order valence-electron chi connectivity index (χ1n) is 7.70. The standard InChI is InChI=1S/C17H18ClNO3S2/c18-14-5-3-13(4-6-14)10-17(20)19(11-16-2-1-8-23-16)15-7-9-24(21,22)12-15/h1-6,8,15H,7,9-12H2/t15-/m1/s1. The molecule has 1 aliphatic heterocycles. The van der Waals surface area contributed by atoms with Crippen molar-refractivity contribution in [1.29, 1.82) is 0 Å². The molecule has 1 amide bonds. The predicted molar refractivity (Wildman–Crippen MR) is 97.1 cm³/mol. The van der Waals surface area contributed by atoms with Crippen LogP contribution < -0.4 is 0 Å². The largest absolute Gasteiger partial charge is 0.333 e. The van der Waals surface area contributed by atoms with Gasteiger partial charge in [-0.25, -0.2) is 8.42 Å². The molecule has 0 N–H and O–H groups in total. The Bertz CT molecular complexity index is 801. The van der Waals surface area contributed by atoms with Gasteiger partial charge in [-0.15, -0.1) is 11.3 Å². The van der Waals surface area contributed by atoms with Gasteiger partial charge >= 0.3 is 0 Å². The van der Waals surface area contributed by atoms with Crippen LogP contribution in [-0.4, -0.2) is 36.8 Å². The smallest absolute Gasteiger partial charge is 0.227 e. The van der Waals surface area contributed by atoms with Gasteiger partial charge in [0.05, 0.1) is 24.5 Å². The lowest BCUT2D eigenvalue weighted by molar-refractivity contribution is -0.133. The van der Waals surface area contributed by atoms with E-state index in [2.05, 4.69) is 0 Å². The Kier molecular flexibility index (Phi) is 5.27. The van der Waals surface area contributed by atoms with Gasteiger partial charge in [0.25, 0.3) is 0 Å². The summed E-state index contributed by atoms with van der Waals surface area (Å²) in [5.74, 6) is 0.171. The molecule has 0 aliphatic carbocycles. The summed E-state index contributed by atoms with van der Waals surface area (Å²) in [6.45, 7) is 0.463. The second-order valence-corrected chi connectivity index (χ2v) is 9.66. The van der Waals surface area contributed by atoms with E-state index in [1.165, 1.54) is 0 Å². The van der Waals surface area contributed by atoms with Crippen molar-refractivity contribution in [3.05, 3.63) is 57.2 Å². The van der Waals surface area contributed by atoms with E-state index in [0.29, 0.717) is 18.0 Å². The van der Waals surface area contributed by atoms with Gasteiger partial charge in [-0.3, -0.25) is 4.79 Å². The van der Waals surface area contributed by atoms with Crippen LogP contribution in [0.3, 0.4) is 0 Å². The molecule has 4 nitrogen and oxygen atoms in total. The minimum Gasteiger partial charge on any atom is -0.333 e. The number of rotatable bonds is 5. The molecule has 128 valence electrons. The third-order valence-corrected chi connectivity index (χ3v) is 7.01. The predicted octanol–water partition coefficient (Wildman–Crippen LogP) is 3.16. The number of hydrogen-bond donors (Lipinski definition) is 0. The molecule has 1 saturated heterocycles. The van der Waals surface area contributed by atoms with Gasteiger partial charge in [-0.05, 0) is 35.6 Å². The SMILES string of the molecule is O=C(Cc1ccc(Cl)cc1)N(Cc1cccs1)[C@@H]1CCS(=O)(=O)C1. The number of halogens is 1. The molecule has 0 bridgehead atoms. The summed E-state index contributed by atoms with van der Waals surface area (Å²) in [6, 6.07) is 10.8. The van der Waals surface area contributed by atoms with E-state index in [9.17, 15) is 13.2 Å². The molecular formula is C17H18ClNO3S2. The molecule has 1 aromatic heterocycles. The van der Waals surface area contributed by atoms with Crippen LogP contribution >= 0.6 is 22.9 Å². The maximum Gasteiger partial charge on any atom is 0.227 e. The Hall–Kier alpha value is -1.37. The Morgan fingerprint density at radius 1 is 1.25 bits per heavy atom. The van der Waals surface area contributed by atoms with Gasteiger partial charge < -0.3 is 4.90 Å². The molecule has 0 radical (unpaired) electrons. The van der Waals surface area contributed by atoms with Crippen molar-refractivity contribution in [2.24, 2.45) is 0 Å². The lowest BCUT2D eigenvalue weighted by Crippen LogP contribution is -2.41. The van der Waals surface area contributed by atoms with Crippen LogP contribution in [0.2, 0.25) is 5.02 Å². The molecule has 7 heteroatoms. The molecule has 1 aromatic carbocycles.